The molecule has 2 heteroatoms. The molecule has 0 heterocycles. The van der Waals surface area contributed by atoms with Crippen LogP contribution in [-0.4, -0.2) is 13.1 Å². The minimum Gasteiger partial charge on any atom is -0.466 e. The van der Waals surface area contributed by atoms with Gasteiger partial charge in [-0.1, -0.05) is 37.6 Å². The lowest BCUT2D eigenvalue weighted by Gasteiger charge is -2.03. The molecule has 1 aromatic carbocycles. The van der Waals surface area contributed by atoms with Gasteiger partial charge in [0.2, 0.25) is 0 Å². The number of rotatable bonds is 4. The standard InChI is InChI=1S/C13H16O2/c1-3-6-11-7-4-5-8-12(11)9-10-13(14)15-2/h4-5,7-10H,3,6H2,1-2H3. The number of aryl methyl sites for hydroxylation is 1. The summed E-state index contributed by atoms with van der Waals surface area (Å²) in [6.45, 7) is 2.14. The van der Waals surface area contributed by atoms with Crippen LogP contribution in [0.5, 0.6) is 0 Å². The van der Waals surface area contributed by atoms with E-state index in [1.54, 1.807) is 6.08 Å². The monoisotopic (exact) mass is 204 g/mol. The third kappa shape index (κ3) is 3.58. The van der Waals surface area contributed by atoms with Gasteiger partial charge >= 0.3 is 5.97 Å². The molecule has 0 radical (unpaired) electrons. The van der Waals surface area contributed by atoms with Gasteiger partial charge in [-0.2, -0.15) is 0 Å². The summed E-state index contributed by atoms with van der Waals surface area (Å²) < 4.78 is 4.55. The average Bonchev–Trinajstić information content (AvgIpc) is 2.28. The van der Waals surface area contributed by atoms with Crippen molar-refractivity contribution in [3.8, 4) is 0 Å². The molecule has 0 bridgehead atoms. The lowest BCUT2D eigenvalue weighted by Crippen LogP contribution is -1.94. The molecule has 0 amide bonds. The summed E-state index contributed by atoms with van der Waals surface area (Å²) in [7, 11) is 1.38. The SMILES string of the molecule is CCCc1ccccc1C=CC(=O)OC. The predicted octanol–water partition coefficient (Wildman–Crippen LogP) is 2.83. The molecule has 80 valence electrons. The molecule has 0 aliphatic rings. The van der Waals surface area contributed by atoms with E-state index in [0.717, 1.165) is 18.4 Å². The number of carbonyl (C=O) groups is 1. The third-order valence-corrected chi connectivity index (χ3v) is 2.17. The van der Waals surface area contributed by atoms with E-state index >= 15 is 0 Å². The maximum Gasteiger partial charge on any atom is 0.330 e. The quantitative estimate of drug-likeness (QED) is 0.557. The first-order chi connectivity index (χ1) is 7.27. The van der Waals surface area contributed by atoms with Gasteiger partial charge in [0.25, 0.3) is 0 Å². The summed E-state index contributed by atoms with van der Waals surface area (Å²) >= 11 is 0. The summed E-state index contributed by atoms with van der Waals surface area (Å²) in [6.07, 6.45) is 5.39. The van der Waals surface area contributed by atoms with E-state index in [2.05, 4.69) is 17.7 Å². The van der Waals surface area contributed by atoms with Crippen molar-refractivity contribution in [2.45, 2.75) is 19.8 Å². The van der Waals surface area contributed by atoms with Gasteiger partial charge in [-0.05, 0) is 23.6 Å². The van der Waals surface area contributed by atoms with Crippen LogP contribution in [0, 0.1) is 0 Å². The van der Waals surface area contributed by atoms with Crippen LogP contribution in [0.25, 0.3) is 6.08 Å². The Balaban J connectivity index is 2.83. The predicted molar refractivity (Wildman–Crippen MR) is 61.5 cm³/mol. The molecule has 0 unspecified atom stereocenters. The molecule has 2 nitrogen and oxygen atoms in total. The number of carbonyl (C=O) groups excluding carboxylic acids is 1. The van der Waals surface area contributed by atoms with E-state index in [9.17, 15) is 4.79 Å². The van der Waals surface area contributed by atoms with Crippen LogP contribution >= 0.6 is 0 Å². The first kappa shape index (κ1) is 11.5. The number of benzene rings is 1. The minimum absolute atomic E-state index is 0.318. The second kappa shape index (κ2) is 6.02. The fraction of sp³-hybridized carbons (Fsp3) is 0.308. The lowest BCUT2D eigenvalue weighted by molar-refractivity contribution is -0.134. The molecule has 0 spiro atoms. The van der Waals surface area contributed by atoms with E-state index in [1.807, 2.05) is 18.2 Å². The van der Waals surface area contributed by atoms with E-state index in [1.165, 1.54) is 18.7 Å². The Morgan fingerprint density at radius 1 is 1.40 bits per heavy atom. The second-order valence-corrected chi connectivity index (χ2v) is 3.31. The molecule has 0 aliphatic heterocycles. The summed E-state index contributed by atoms with van der Waals surface area (Å²) in [5.74, 6) is -0.318. The summed E-state index contributed by atoms with van der Waals surface area (Å²) in [4.78, 5) is 10.9. The first-order valence-corrected chi connectivity index (χ1v) is 5.12. The molecule has 0 N–H and O–H groups in total. The van der Waals surface area contributed by atoms with E-state index < -0.39 is 0 Å². The smallest absolute Gasteiger partial charge is 0.330 e. The molecule has 0 aromatic heterocycles. The first-order valence-electron chi connectivity index (χ1n) is 5.12. The van der Waals surface area contributed by atoms with E-state index in [0.29, 0.717) is 0 Å². The Morgan fingerprint density at radius 3 is 2.80 bits per heavy atom. The van der Waals surface area contributed by atoms with Crippen LogP contribution in [0.15, 0.2) is 30.3 Å². The molecule has 1 aromatic rings. The zero-order valence-electron chi connectivity index (χ0n) is 9.19. The van der Waals surface area contributed by atoms with Crippen LogP contribution in [0.2, 0.25) is 0 Å². The largest absolute Gasteiger partial charge is 0.466 e. The van der Waals surface area contributed by atoms with Gasteiger partial charge in [0.15, 0.2) is 0 Å². The zero-order chi connectivity index (χ0) is 11.1. The Kier molecular flexibility index (Phi) is 4.61. The van der Waals surface area contributed by atoms with Crippen LogP contribution in [0.1, 0.15) is 24.5 Å². The summed E-state index contributed by atoms with van der Waals surface area (Å²) in [6, 6.07) is 8.07. The molecule has 0 aliphatic carbocycles. The Morgan fingerprint density at radius 2 is 2.13 bits per heavy atom. The summed E-state index contributed by atoms with van der Waals surface area (Å²) in [5, 5.41) is 0. The Labute approximate surface area is 90.6 Å². The summed E-state index contributed by atoms with van der Waals surface area (Å²) in [5.41, 5.74) is 2.35. The van der Waals surface area contributed by atoms with Crippen molar-refractivity contribution in [3.63, 3.8) is 0 Å². The molecule has 0 saturated heterocycles. The van der Waals surface area contributed by atoms with Gasteiger partial charge in [0.1, 0.15) is 0 Å². The highest BCUT2D eigenvalue weighted by atomic mass is 16.5. The van der Waals surface area contributed by atoms with Crippen molar-refractivity contribution in [1.29, 1.82) is 0 Å². The van der Waals surface area contributed by atoms with Crippen LogP contribution in [0.3, 0.4) is 0 Å². The molecule has 0 atom stereocenters. The van der Waals surface area contributed by atoms with Gasteiger partial charge in [-0.15, -0.1) is 0 Å². The highest BCUT2D eigenvalue weighted by Gasteiger charge is 1.98. The highest BCUT2D eigenvalue weighted by molar-refractivity contribution is 5.87. The minimum atomic E-state index is -0.318. The average molecular weight is 204 g/mol. The number of hydrogen-bond acceptors (Lipinski definition) is 2. The second-order valence-electron chi connectivity index (χ2n) is 3.31. The number of hydrogen-bond donors (Lipinski definition) is 0. The van der Waals surface area contributed by atoms with Gasteiger partial charge in [-0.25, -0.2) is 4.79 Å². The zero-order valence-corrected chi connectivity index (χ0v) is 9.19. The molecule has 15 heavy (non-hydrogen) atoms. The van der Waals surface area contributed by atoms with Gasteiger partial charge in [0.05, 0.1) is 7.11 Å². The Hall–Kier alpha value is -1.57. The van der Waals surface area contributed by atoms with Crippen molar-refractivity contribution in [1.82, 2.24) is 0 Å². The highest BCUT2D eigenvalue weighted by Crippen LogP contribution is 2.12. The van der Waals surface area contributed by atoms with E-state index in [-0.39, 0.29) is 5.97 Å². The normalized spacial score (nSPS) is 10.5. The lowest BCUT2D eigenvalue weighted by atomic mass is 10.0. The maximum absolute atomic E-state index is 10.9. The van der Waals surface area contributed by atoms with Crippen LogP contribution in [-0.2, 0) is 16.0 Å². The maximum atomic E-state index is 10.9. The molecule has 0 fully saturated rings. The van der Waals surface area contributed by atoms with Gasteiger partial charge in [-0.3, -0.25) is 0 Å². The fourth-order valence-corrected chi connectivity index (χ4v) is 1.42. The van der Waals surface area contributed by atoms with Crippen molar-refractivity contribution >= 4 is 12.0 Å². The molecule has 0 saturated carbocycles. The number of methoxy groups -OCH3 is 1. The number of esters is 1. The van der Waals surface area contributed by atoms with Gasteiger partial charge < -0.3 is 4.74 Å². The van der Waals surface area contributed by atoms with Crippen molar-refractivity contribution in [2.75, 3.05) is 7.11 Å². The van der Waals surface area contributed by atoms with Gasteiger partial charge in [0, 0.05) is 6.08 Å². The van der Waals surface area contributed by atoms with Crippen LogP contribution in [0.4, 0.5) is 0 Å². The number of ether oxygens (including phenoxy) is 1. The van der Waals surface area contributed by atoms with Crippen molar-refractivity contribution in [2.24, 2.45) is 0 Å². The van der Waals surface area contributed by atoms with Crippen molar-refractivity contribution < 1.29 is 9.53 Å². The Bertz CT molecular complexity index is 353. The third-order valence-electron chi connectivity index (χ3n) is 2.17. The van der Waals surface area contributed by atoms with Crippen molar-refractivity contribution in [3.05, 3.63) is 41.5 Å². The topological polar surface area (TPSA) is 26.3 Å². The fourth-order valence-electron chi connectivity index (χ4n) is 1.42. The van der Waals surface area contributed by atoms with E-state index in [4.69, 9.17) is 0 Å². The molecule has 1 rings (SSSR count). The molecular formula is C13H16O2. The van der Waals surface area contributed by atoms with Crippen LogP contribution < -0.4 is 0 Å². The molecular weight excluding hydrogens is 188 g/mol.